The van der Waals surface area contributed by atoms with Crippen LogP contribution in [0.25, 0.3) is 0 Å². The molecule has 0 radical (unpaired) electrons. The van der Waals surface area contributed by atoms with Gasteiger partial charge in [0.15, 0.2) is 0 Å². The highest BCUT2D eigenvalue weighted by molar-refractivity contribution is 6.07. The van der Waals surface area contributed by atoms with E-state index >= 15 is 0 Å². The van der Waals surface area contributed by atoms with Crippen molar-refractivity contribution >= 4 is 17.4 Å². The van der Waals surface area contributed by atoms with Gasteiger partial charge >= 0.3 is 6.18 Å². The summed E-state index contributed by atoms with van der Waals surface area (Å²) in [5.74, 6) is 0.381. The number of halogens is 3. The Labute approximate surface area is 212 Å². The Hall–Kier alpha value is -3.86. The van der Waals surface area contributed by atoms with Crippen LogP contribution in [0.5, 0.6) is 11.6 Å². The van der Waals surface area contributed by atoms with E-state index < -0.39 is 17.6 Å². The third-order valence-electron chi connectivity index (χ3n) is 5.90. The van der Waals surface area contributed by atoms with Gasteiger partial charge < -0.3 is 25.4 Å². The molecule has 8 nitrogen and oxygen atoms in total. The first-order valence-electron chi connectivity index (χ1n) is 11.9. The van der Waals surface area contributed by atoms with E-state index in [1.807, 2.05) is 0 Å². The van der Waals surface area contributed by atoms with Crippen LogP contribution in [0.2, 0.25) is 0 Å². The van der Waals surface area contributed by atoms with Crippen LogP contribution in [0.4, 0.5) is 24.7 Å². The molecule has 1 unspecified atom stereocenters. The van der Waals surface area contributed by atoms with Crippen LogP contribution in [0.3, 0.4) is 0 Å². The topological polar surface area (TPSA) is 97.4 Å². The van der Waals surface area contributed by atoms with Crippen molar-refractivity contribution in [1.82, 2.24) is 15.3 Å². The van der Waals surface area contributed by atoms with Crippen molar-refractivity contribution in [2.24, 2.45) is 5.92 Å². The molecule has 2 aromatic heterocycles. The van der Waals surface area contributed by atoms with Crippen molar-refractivity contribution in [2.75, 3.05) is 37.4 Å². The Balaban J connectivity index is 1.49. The fourth-order valence-corrected chi connectivity index (χ4v) is 3.98. The van der Waals surface area contributed by atoms with Crippen LogP contribution >= 0.6 is 0 Å². The highest BCUT2D eigenvalue weighted by atomic mass is 19.4. The molecule has 196 valence electrons. The Morgan fingerprint density at radius 3 is 2.78 bits per heavy atom. The predicted molar refractivity (Wildman–Crippen MR) is 133 cm³/mol. The molecule has 1 atom stereocenters. The first kappa shape index (κ1) is 26.2. The van der Waals surface area contributed by atoms with Gasteiger partial charge in [-0.3, -0.25) is 4.79 Å². The van der Waals surface area contributed by atoms with Crippen molar-refractivity contribution in [2.45, 2.75) is 25.6 Å². The van der Waals surface area contributed by atoms with Gasteiger partial charge in [0.1, 0.15) is 11.6 Å². The van der Waals surface area contributed by atoms with E-state index in [1.54, 1.807) is 30.5 Å². The summed E-state index contributed by atoms with van der Waals surface area (Å²) in [5, 5.41) is 8.91. The maximum absolute atomic E-state index is 13.6. The lowest BCUT2D eigenvalue weighted by atomic mass is 10.0. The molecule has 1 fully saturated rings. The Morgan fingerprint density at radius 1 is 1.16 bits per heavy atom. The first-order chi connectivity index (χ1) is 17.8. The molecule has 3 aromatic rings. The van der Waals surface area contributed by atoms with Gasteiger partial charge in [0.25, 0.3) is 5.91 Å². The number of anilines is 2. The number of pyridine rings is 2. The molecular formula is C26H28F3N5O3. The number of benzene rings is 1. The van der Waals surface area contributed by atoms with E-state index in [2.05, 4.69) is 25.9 Å². The minimum absolute atomic E-state index is 0.0229. The number of amides is 1. The second kappa shape index (κ2) is 11.9. The molecule has 1 amide bonds. The summed E-state index contributed by atoms with van der Waals surface area (Å²) in [7, 11) is 1.51. The van der Waals surface area contributed by atoms with Crippen molar-refractivity contribution in [3.8, 4) is 11.6 Å². The second-order valence-corrected chi connectivity index (χ2v) is 8.68. The van der Waals surface area contributed by atoms with Gasteiger partial charge in [0.2, 0.25) is 5.88 Å². The van der Waals surface area contributed by atoms with Crippen LogP contribution in [0, 0.1) is 5.92 Å². The maximum Gasteiger partial charge on any atom is 0.416 e. The van der Waals surface area contributed by atoms with E-state index in [9.17, 15) is 18.0 Å². The molecule has 3 heterocycles. The molecule has 1 aliphatic rings. The summed E-state index contributed by atoms with van der Waals surface area (Å²) in [6.45, 7) is 2.30. The Morgan fingerprint density at radius 2 is 2.03 bits per heavy atom. The molecule has 0 saturated carbocycles. The van der Waals surface area contributed by atoms with Crippen molar-refractivity contribution in [3.05, 3.63) is 71.5 Å². The smallest absolute Gasteiger partial charge is 0.416 e. The molecule has 0 bridgehead atoms. The van der Waals surface area contributed by atoms with Gasteiger partial charge in [0, 0.05) is 49.2 Å². The normalized spacial score (nSPS) is 15.6. The number of aromatic nitrogens is 2. The summed E-state index contributed by atoms with van der Waals surface area (Å²) in [6, 6.07) is 9.88. The number of nitrogens with zero attached hydrogens (tertiary/aromatic N) is 2. The zero-order chi connectivity index (χ0) is 26.3. The monoisotopic (exact) mass is 515 g/mol. The minimum atomic E-state index is -4.60. The lowest BCUT2D eigenvalue weighted by Gasteiger charge is -2.23. The van der Waals surface area contributed by atoms with Crippen molar-refractivity contribution < 1.29 is 27.4 Å². The summed E-state index contributed by atoms with van der Waals surface area (Å²) >= 11 is 0. The number of piperidine rings is 1. The molecular weight excluding hydrogens is 487 g/mol. The Kier molecular flexibility index (Phi) is 8.44. The summed E-state index contributed by atoms with van der Waals surface area (Å²) < 4.78 is 51.5. The molecule has 1 aliphatic heterocycles. The quantitative estimate of drug-likeness (QED) is 0.379. The van der Waals surface area contributed by atoms with E-state index in [4.69, 9.17) is 9.47 Å². The Bertz CT molecular complexity index is 1220. The molecule has 4 rings (SSSR count). The van der Waals surface area contributed by atoms with Gasteiger partial charge in [-0.15, -0.1) is 0 Å². The molecule has 37 heavy (non-hydrogen) atoms. The fraction of sp³-hybridized carbons (Fsp3) is 0.346. The van der Waals surface area contributed by atoms with E-state index in [1.165, 1.54) is 19.4 Å². The number of carbonyl (C=O) groups is 1. The number of rotatable bonds is 9. The largest absolute Gasteiger partial charge is 0.493 e. The zero-order valence-electron chi connectivity index (χ0n) is 20.3. The van der Waals surface area contributed by atoms with Gasteiger partial charge in [0.05, 0.1) is 24.8 Å². The number of nitrogens with one attached hydrogen (secondary N) is 3. The van der Waals surface area contributed by atoms with Crippen molar-refractivity contribution in [3.63, 3.8) is 0 Å². The standard InChI is InChI=1S/C26H28F3N5O3/c1-36-23-10-17(6-9-31-23)15-33-24-22(5-3-8-32-24)25(35)34-20-11-19(26(27,28)29)12-21(13-20)37-16-18-4-2-7-30-14-18/h3,5-6,8-13,18,30H,2,4,7,14-16H2,1H3,(H,32,33)(H,34,35). The average molecular weight is 516 g/mol. The van der Waals surface area contributed by atoms with Crippen LogP contribution in [-0.4, -0.2) is 42.7 Å². The lowest BCUT2D eigenvalue weighted by Crippen LogP contribution is -2.33. The lowest BCUT2D eigenvalue weighted by molar-refractivity contribution is -0.137. The third-order valence-corrected chi connectivity index (χ3v) is 5.90. The molecule has 1 saturated heterocycles. The average Bonchev–Trinajstić information content (AvgIpc) is 2.91. The molecule has 3 N–H and O–H groups in total. The van der Waals surface area contributed by atoms with Crippen molar-refractivity contribution in [1.29, 1.82) is 0 Å². The number of alkyl halides is 3. The third kappa shape index (κ3) is 7.32. The molecule has 0 aliphatic carbocycles. The van der Waals surface area contributed by atoms with Crippen LogP contribution in [0.1, 0.15) is 34.3 Å². The van der Waals surface area contributed by atoms with Crippen LogP contribution in [-0.2, 0) is 12.7 Å². The highest BCUT2D eigenvalue weighted by Crippen LogP contribution is 2.34. The predicted octanol–water partition coefficient (Wildman–Crippen LogP) is 4.75. The summed E-state index contributed by atoms with van der Waals surface area (Å²) in [4.78, 5) is 21.4. The zero-order valence-corrected chi connectivity index (χ0v) is 20.3. The van der Waals surface area contributed by atoms with Crippen LogP contribution < -0.4 is 25.4 Å². The second-order valence-electron chi connectivity index (χ2n) is 8.68. The number of hydrogen-bond donors (Lipinski definition) is 3. The van der Waals surface area contributed by atoms with Gasteiger partial charge in [-0.2, -0.15) is 13.2 Å². The maximum atomic E-state index is 13.6. The first-order valence-corrected chi connectivity index (χ1v) is 11.9. The number of ether oxygens (including phenoxy) is 2. The SMILES string of the molecule is COc1cc(CNc2ncccc2C(=O)Nc2cc(OCC3CCCNC3)cc(C(F)(F)F)c2)ccn1. The molecule has 11 heteroatoms. The van der Waals surface area contributed by atoms with E-state index in [0.717, 1.165) is 43.6 Å². The molecule has 1 aromatic carbocycles. The van der Waals surface area contributed by atoms with Gasteiger partial charge in [-0.1, -0.05) is 0 Å². The molecule has 0 spiro atoms. The highest BCUT2D eigenvalue weighted by Gasteiger charge is 2.32. The fourth-order valence-electron chi connectivity index (χ4n) is 3.98. The van der Waals surface area contributed by atoms with Crippen LogP contribution in [0.15, 0.2) is 54.9 Å². The van der Waals surface area contributed by atoms with Gasteiger partial charge in [-0.25, -0.2) is 9.97 Å². The number of hydrogen-bond acceptors (Lipinski definition) is 7. The minimum Gasteiger partial charge on any atom is -0.493 e. The van der Waals surface area contributed by atoms with E-state index in [0.29, 0.717) is 12.4 Å². The summed E-state index contributed by atoms with van der Waals surface area (Å²) in [5.41, 5.74) is 0.0943. The van der Waals surface area contributed by atoms with E-state index in [-0.39, 0.29) is 35.3 Å². The summed E-state index contributed by atoms with van der Waals surface area (Å²) in [6.07, 6.45) is 0.452. The van der Waals surface area contributed by atoms with Gasteiger partial charge in [-0.05, 0) is 55.3 Å². The number of methoxy groups -OCH3 is 1. The number of carbonyl (C=O) groups excluding carboxylic acids is 1.